The fourth-order valence-corrected chi connectivity index (χ4v) is 3.98. The lowest BCUT2D eigenvalue weighted by atomic mass is 10.1. The van der Waals surface area contributed by atoms with Crippen molar-refractivity contribution in [1.29, 1.82) is 0 Å². The zero-order chi connectivity index (χ0) is 20.5. The second kappa shape index (κ2) is 10.7. The van der Waals surface area contributed by atoms with Crippen LogP contribution in [0.15, 0.2) is 84.0 Å². The molecule has 0 unspecified atom stereocenters. The van der Waals surface area contributed by atoms with Crippen molar-refractivity contribution in [2.24, 2.45) is 0 Å². The number of nitrogens with zero attached hydrogens (tertiary/aromatic N) is 2. The van der Waals surface area contributed by atoms with Crippen LogP contribution in [0, 0.1) is 6.92 Å². The van der Waals surface area contributed by atoms with E-state index in [4.69, 9.17) is 0 Å². The minimum Gasteiger partial charge on any atom is -0.358 e. The van der Waals surface area contributed by atoms with Gasteiger partial charge in [-0.05, 0) is 30.6 Å². The number of nitrogens with one attached hydrogen (secondary N) is 2. The summed E-state index contributed by atoms with van der Waals surface area (Å²) in [5, 5.41) is 15.7. The van der Waals surface area contributed by atoms with Crippen LogP contribution >= 0.6 is 23.1 Å². The third kappa shape index (κ3) is 6.25. The van der Waals surface area contributed by atoms with E-state index in [1.54, 1.807) is 17.8 Å². The second-order valence-electron chi connectivity index (χ2n) is 6.06. The van der Waals surface area contributed by atoms with Crippen LogP contribution in [0.25, 0.3) is 5.70 Å². The molecule has 0 atom stereocenters. The Labute approximate surface area is 175 Å². The number of thioether (sulfide) groups is 1. The summed E-state index contributed by atoms with van der Waals surface area (Å²) < 4.78 is 0.866. The molecule has 6 heteroatoms. The molecule has 0 bridgehead atoms. The van der Waals surface area contributed by atoms with Gasteiger partial charge in [0.15, 0.2) is 4.34 Å². The number of hydrogen-bond acceptors (Lipinski definition) is 6. The van der Waals surface area contributed by atoms with Crippen molar-refractivity contribution in [1.82, 2.24) is 15.5 Å². The molecule has 2 rings (SSSR count). The zero-order valence-corrected chi connectivity index (χ0v) is 18.1. The first kappa shape index (κ1) is 21.7. The van der Waals surface area contributed by atoms with E-state index in [1.165, 1.54) is 16.9 Å². The Balaban J connectivity index is 1.90. The summed E-state index contributed by atoms with van der Waals surface area (Å²) in [6, 6.07) is 8.19. The van der Waals surface area contributed by atoms with Crippen molar-refractivity contribution in [3.63, 3.8) is 0 Å². The van der Waals surface area contributed by atoms with Crippen LogP contribution in [0.4, 0.5) is 5.13 Å². The van der Waals surface area contributed by atoms with Gasteiger partial charge in [0.1, 0.15) is 0 Å². The molecule has 1 heterocycles. The van der Waals surface area contributed by atoms with E-state index in [0.717, 1.165) is 44.1 Å². The Morgan fingerprint density at radius 3 is 2.46 bits per heavy atom. The predicted octanol–water partition coefficient (Wildman–Crippen LogP) is 6.16. The molecule has 1 aromatic carbocycles. The number of benzene rings is 1. The van der Waals surface area contributed by atoms with Gasteiger partial charge in [-0.15, -0.1) is 10.2 Å². The summed E-state index contributed by atoms with van der Waals surface area (Å²) in [5.41, 5.74) is 5.98. The first-order valence-electron chi connectivity index (χ1n) is 8.88. The average molecular weight is 411 g/mol. The van der Waals surface area contributed by atoms with Crippen molar-refractivity contribution >= 4 is 33.9 Å². The largest absolute Gasteiger partial charge is 0.358 e. The predicted molar refractivity (Wildman–Crippen MR) is 124 cm³/mol. The van der Waals surface area contributed by atoms with E-state index in [9.17, 15) is 0 Å². The standard InChI is InChI=1S/C22H26N4S2/c1-7-18(8-2)20(9-3)23-16(5)14-27-22-26-25-21(28-22)24-17(6)19-12-10-15(4)11-13-19/h7,9-13,23H,1,3,5-6,8,14H2,2,4H3,(H,24,25)/b20-18-. The molecular formula is C22H26N4S2. The van der Waals surface area contributed by atoms with Crippen LogP contribution in [0.5, 0.6) is 0 Å². The minimum atomic E-state index is 0.680. The van der Waals surface area contributed by atoms with Gasteiger partial charge < -0.3 is 10.6 Å². The Morgan fingerprint density at radius 2 is 1.86 bits per heavy atom. The molecule has 0 fully saturated rings. The van der Waals surface area contributed by atoms with Gasteiger partial charge in [-0.3, -0.25) is 0 Å². The fourth-order valence-electron chi connectivity index (χ4n) is 2.36. The molecule has 0 aliphatic rings. The van der Waals surface area contributed by atoms with Crippen molar-refractivity contribution in [3.8, 4) is 0 Å². The molecule has 146 valence electrons. The van der Waals surface area contributed by atoms with Crippen LogP contribution in [0.3, 0.4) is 0 Å². The zero-order valence-electron chi connectivity index (χ0n) is 16.4. The lowest BCUT2D eigenvalue weighted by Gasteiger charge is -2.12. The number of aryl methyl sites for hydroxylation is 1. The van der Waals surface area contributed by atoms with Gasteiger partial charge in [-0.1, -0.05) is 92.2 Å². The third-order valence-corrected chi connectivity index (χ3v) is 5.98. The topological polar surface area (TPSA) is 49.8 Å². The molecule has 0 aliphatic heterocycles. The highest BCUT2D eigenvalue weighted by molar-refractivity contribution is 8.01. The molecule has 28 heavy (non-hydrogen) atoms. The normalized spacial score (nSPS) is 11.4. The maximum absolute atomic E-state index is 4.23. The summed E-state index contributed by atoms with van der Waals surface area (Å²) in [6.07, 6.45) is 4.52. The lowest BCUT2D eigenvalue weighted by molar-refractivity contribution is 0.969. The Kier molecular flexibility index (Phi) is 8.29. The van der Waals surface area contributed by atoms with Gasteiger partial charge in [0.25, 0.3) is 0 Å². The van der Waals surface area contributed by atoms with Gasteiger partial charge in [-0.25, -0.2) is 0 Å². The monoisotopic (exact) mass is 410 g/mol. The molecule has 4 nitrogen and oxygen atoms in total. The van der Waals surface area contributed by atoms with E-state index in [2.05, 4.69) is 73.1 Å². The summed E-state index contributed by atoms with van der Waals surface area (Å²) >= 11 is 3.08. The number of anilines is 1. The first-order chi connectivity index (χ1) is 13.5. The molecular weight excluding hydrogens is 384 g/mol. The SMILES string of the molecule is C=C/C(CC)=C(\C=C)NC(=C)CSc1nnc(NC(=C)c2ccc(C)cc2)s1. The van der Waals surface area contributed by atoms with E-state index in [0.29, 0.717) is 5.75 Å². The van der Waals surface area contributed by atoms with E-state index >= 15 is 0 Å². The van der Waals surface area contributed by atoms with Crippen molar-refractivity contribution in [2.75, 3.05) is 11.1 Å². The highest BCUT2D eigenvalue weighted by Crippen LogP contribution is 2.28. The molecule has 1 aromatic heterocycles. The highest BCUT2D eigenvalue weighted by atomic mass is 32.2. The summed E-state index contributed by atoms with van der Waals surface area (Å²) in [4.78, 5) is 0. The number of aromatic nitrogens is 2. The van der Waals surface area contributed by atoms with Gasteiger partial charge in [0.2, 0.25) is 5.13 Å². The number of rotatable bonds is 11. The smallest absolute Gasteiger partial charge is 0.210 e. The van der Waals surface area contributed by atoms with Gasteiger partial charge >= 0.3 is 0 Å². The Morgan fingerprint density at radius 1 is 1.14 bits per heavy atom. The molecule has 0 spiro atoms. The van der Waals surface area contributed by atoms with Crippen LogP contribution in [0.2, 0.25) is 0 Å². The van der Waals surface area contributed by atoms with E-state index in [-0.39, 0.29) is 0 Å². The van der Waals surface area contributed by atoms with Crippen LogP contribution < -0.4 is 10.6 Å². The Hall–Kier alpha value is -2.57. The molecule has 0 saturated heterocycles. The van der Waals surface area contributed by atoms with Gasteiger partial charge in [-0.2, -0.15) is 0 Å². The second-order valence-corrected chi connectivity index (χ2v) is 8.26. The van der Waals surface area contributed by atoms with Gasteiger partial charge in [0.05, 0.1) is 0 Å². The molecule has 0 saturated carbocycles. The maximum atomic E-state index is 4.23. The molecule has 0 radical (unpaired) electrons. The molecule has 0 aliphatic carbocycles. The molecule has 2 N–H and O–H groups in total. The van der Waals surface area contributed by atoms with Crippen LogP contribution in [-0.2, 0) is 0 Å². The number of hydrogen-bond donors (Lipinski definition) is 2. The van der Waals surface area contributed by atoms with E-state index < -0.39 is 0 Å². The highest BCUT2D eigenvalue weighted by Gasteiger charge is 2.08. The van der Waals surface area contributed by atoms with Crippen LogP contribution in [0.1, 0.15) is 24.5 Å². The summed E-state index contributed by atoms with van der Waals surface area (Å²) in [5.74, 6) is 0.680. The van der Waals surface area contributed by atoms with Crippen molar-refractivity contribution in [2.45, 2.75) is 24.6 Å². The summed E-state index contributed by atoms with van der Waals surface area (Å²) in [7, 11) is 0. The van der Waals surface area contributed by atoms with E-state index in [1.807, 2.05) is 18.2 Å². The van der Waals surface area contributed by atoms with Gasteiger partial charge in [0, 0.05) is 22.8 Å². The Bertz CT molecular complexity index is 892. The maximum Gasteiger partial charge on any atom is 0.210 e. The van der Waals surface area contributed by atoms with Crippen molar-refractivity contribution in [3.05, 3.63) is 90.8 Å². The average Bonchev–Trinajstić information content (AvgIpc) is 3.14. The first-order valence-corrected chi connectivity index (χ1v) is 10.7. The van der Waals surface area contributed by atoms with Crippen LogP contribution in [-0.4, -0.2) is 16.0 Å². The minimum absolute atomic E-state index is 0.680. The quantitative estimate of drug-likeness (QED) is 0.343. The molecule has 0 amide bonds. The number of allylic oxidation sites excluding steroid dienone is 3. The van der Waals surface area contributed by atoms with Crippen molar-refractivity contribution < 1.29 is 0 Å². The lowest BCUT2D eigenvalue weighted by Crippen LogP contribution is -2.13. The third-order valence-electron chi connectivity index (χ3n) is 3.92. The summed E-state index contributed by atoms with van der Waals surface area (Å²) in [6.45, 7) is 20.0. The fraction of sp³-hybridized carbons (Fsp3) is 0.182. The molecule has 2 aromatic rings.